The molecule has 0 saturated carbocycles. The van der Waals surface area contributed by atoms with Crippen LogP contribution in [0.5, 0.6) is 0 Å². The lowest BCUT2D eigenvalue weighted by atomic mass is 9.91. The fourth-order valence-electron chi connectivity index (χ4n) is 1.80. The summed E-state index contributed by atoms with van der Waals surface area (Å²) in [5, 5.41) is 0. The predicted molar refractivity (Wildman–Crippen MR) is 66.5 cm³/mol. The molecule has 0 aliphatic carbocycles. The Labute approximate surface area is 90.8 Å². The van der Waals surface area contributed by atoms with Gasteiger partial charge in [0.2, 0.25) is 0 Å². The topological polar surface area (TPSA) is 0 Å². The Morgan fingerprint density at radius 1 is 1.14 bits per heavy atom. The van der Waals surface area contributed by atoms with Gasteiger partial charge in [-0.25, -0.2) is 0 Å². The van der Waals surface area contributed by atoms with Gasteiger partial charge >= 0.3 is 0 Å². The summed E-state index contributed by atoms with van der Waals surface area (Å²) in [6.45, 7) is 11.5. The Morgan fingerprint density at radius 3 is 2.14 bits per heavy atom. The van der Waals surface area contributed by atoms with Crippen molar-refractivity contribution < 1.29 is 0 Å². The van der Waals surface area contributed by atoms with Gasteiger partial charge in [0.15, 0.2) is 0 Å². The van der Waals surface area contributed by atoms with Crippen molar-refractivity contribution in [3.63, 3.8) is 0 Å². The summed E-state index contributed by atoms with van der Waals surface area (Å²) in [4.78, 5) is 0. The molecule has 0 saturated heterocycles. The van der Waals surface area contributed by atoms with Crippen LogP contribution in [0.4, 0.5) is 0 Å². The van der Waals surface area contributed by atoms with E-state index in [-0.39, 0.29) is 0 Å². The number of allylic oxidation sites excluding steroid dienone is 2. The van der Waals surface area contributed by atoms with E-state index in [1.165, 1.54) is 32.1 Å². The van der Waals surface area contributed by atoms with E-state index in [0.29, 0.717) is 0 Å². The first kappa shape index (κ1) is 13.7. The summed E-state index contributed by atoms with van der Waals surface area (Å²) >= 11 is 0. The summed E-state index contributed by atoms with van der Waals surface area (Å²) in [5.74, 6) is 1.59. The van der Waals surface area contributed by atoms with Crippen LogP contribution in [-0.2, 0) is 0 Å². The first-order chi connectivity index (χ1) is 6.65. The minimum absolute atomic E-state index is 0.788. The Hall–Kier alpha value is -0.260. The fourth-order valence-corrected chi connectivity index (χ4v) is 1.80. The molecule has 0 N–H and O–H groups in total. The average molecular weight is 196 g/mol. The molecule has 0 heteroatoms. The van der Waals surface area contributed by atoms with E-state index in [4.69, 9.17) is 0 Å². The van der Waals surface area contributed by atoms with Gasteiger partial charge in [-0.3, -0.25) is 0 Å². The molecule has 0 heterocycles. The fraction of sp³-hybridized carbons (Fsp3) is 0.857. The molecule has 14 heavy (non-hydrogen) atoms. The molecule has 1 atom stereocenters. The lowest BCUT2D eigenvalue weighted by Crippen LogP contribution is -2.00. The summed E-state index contributed by atoms with van der Waals surface area (Å²) in [5.41, 5.74) is 1.60. The zero-order chi connectivity index (χ0) is 11.0. The largest absolute Gasteiger partial charge is 0.0822 e. The van der Waals surface area contributed by atoms with Gasteiger partial charge in [-0.15, -0.1) is 0 Å². The molecule has 0 spiro atoms. The quantitative estimate of drug-likeness (QED) is 0.491. The van der Waals surface area contributed by atoms with Crippen molar-refractivity contribution in [2.45, 2.75) is 66.7 Å². The molecule has 84 valence electrons. The summed E-state index contributed by atoms with van der Waals surface area (Å²) in [6, 6.07) is 0. The van der Waals surface area contributed by atoms with Gasteiger partial charge in [-0.1, -0.05) is 52.2 Å². The van der Waals surface area contributed by atoms with Crippen molar-refractivity contribution in [1.82, 2.24) is 0 Å². The van der Waals surface area contributed by atoms with Crippen LogP contribution in [0.15, 0.2) is 11.6 Å². The predicted octanol–water partition coefficient (Wildman–Crippen LogP) is 5.20. The van der Waals surface area contributed by atoms with Crippen LogP contribution in [0.1, 0.15) is 66.7 Å². The van der Waals surface area contributed by atoms with Gasteiger partial charge in [0.05, 0.1) is 0 Å². The minimum Gasteiger partial charge on any atom is -0.0822 e. The smallest absolute Gasteiger partial charge is 0.0234 e. The third-order valence-corrected chi connectivity index (χ3v) is 3.32. The molecule has 0 fully saturated rings. The molecule has 0 amide bonds. The summed E-state index contributed by atoms with van der Waals surface area (Å²) in [7, 11) is 0. The molecule has 0 aromatic carbocycles. The van der Waals surface area contributed by atoms with Crippen LogP contribution in [0.2, 0.25) is 0 Å². The van der Waals surface area contributed by atoms with Gasteiger partial charge in [0.25, 0.3) is 0 Å². The Kier molecular flexibility index (Phi) is 7.93. The average Bonchev–Trinajstić information content (AvgIpc) is 2.21. The number of hydrogen-bond donors (Lipinski definition) is 0. The Bertz CT molecular complexity index is 151. The second kappa shape index (κ2) is 8.08. The lowest BCUT2D eigenvalue weighted by Gasteiger charge is -2.15. The second-order valence-electron chi connectivity index (χ2n) is 4.53. The van der Waals surface area contributed by atoms with Crippen LogP contribution in [-0.4, -0.2) is 0 Å². The zero-order valence-corrected chi connectivity index (χ0v) is 10.8. The highest BCUT2D eigenvalue weighted by molar-refractivity contribution is 5.04. The van der Waals surface area contributed by atoms with Crippen molar-refractivity contribution in [1.29, 1.82) is 0 Å². The van der Waals surface area contributed by atoms with Crippen molar-refractivity contribution in [2.24, 2.45) is 11.8 Å². The van der Waals surface area contributed by atoms with Gasteiger partial charge in [0, 0.05) is 0 Å². The third kappa shape index (κ3) is 5.47. The zero-order valence-electron chi connectivity index (χ0n) is 10.8. The Morgan fingerprint density at radius 2 is 1.71 bits per heavy atom. The normalized spacial score (nSPS) is 14.9. The number of rotatable bonds is 7. The molecule has 0 aliphatic rings. The van der Waals surface area contributed by atoms with Crippen molar-refractivity contribution >= 4 is 0 Å². The lowest BCUT2D eigenvalue weighted by molar-refractivity contribution is 0.548. The molecule has 0 aromatic heterocycles. The molecule has 0 nitrogen and oxygen atoms in total. The summed E-state index contributed by atoms with van der Waals surface area (Å²) in [6.07, 6.45) is 9.12. The molecule has 1 unspecified atom stereocenters. The number of hydrogen-bond acceptors (Lipinski definition) is 0. The van der Waals surface area contributed by atoms with Gasteiger partial charge in [-0.2, -0.15) is 0 Å². The van der Waals surface area contributed by atoms with Crippen LogP contribution >= 0.6 is 0 Å². The number of unbranched alkanes of at least 4 members (excludes halogenated alkanes) is 1. The van der Waals surface area contributed by atoms with Crippen molar-refractivity contribution in [3.05, 3.63) is 11.6 Å². The highest BCUT2D eigenvalue weighted by atomic mass is 14.1. The molecular weight excluding hydrogens is 168 g/mol. The van der Waals surface area contributed by atoms with E-state index < -0.39 is 0 Å². The molecule has 0 radical (unpaired) electrons. The monoisotopic (exact) mass is 196 g/mol. The minimum atomic E-state index is 0.788. The second-order valence-corrected chi connectivity index (χ2v) is 4.53. The van der Waals surface area contributed by atoms with Gasteiger partial charge in [0.1, 0.15) is 0 Å². The molecule has 0 bridgehead atoms. The first-order valence-corrected chi connectivity index (χ1v) is 6.33. The van der Waals surface area contributed by atoms with E-state index in [9.17, 15) is 0 Å². The summed E-state index contributed by atoms with van der Waals surface area (Å²) < 4.78 is 0. The van der Waals surface area contributed by atoms with Crippen LogP contribution in [0, 0.1) is 11.8 Å². The van der Waals surface area contributed by atoms with Crippen molar-refractivity contribution in [2.75, 3.05) is 0 Å². The van der Waals surface area contributed by atoms with Crippen LogP contribution < -0.4 is 0 Å². The van der Waals surface area contributed by atoms with E-state index in [0.717, 1.165) is 11.8 Å². The Balaban J connectivity index is 4.06. The van der Waals surface area contributed by atoms with Gasteiger partial charge < -0.3 is 0 Å². The van der Waals surface area contributed by atoms with Crippen LogP contribution in [0.25, 0.3) is 0 Å². The highest BCUT2D eigenvalue weighted by Crippen LogP contribution is 2.21. The molecular formula is C14H28. The van der Waals surface area contributed by atoms with Crippen LogP contribution in [0.3, 0.4) is 0 Å². The first-order valence-electron chi connectivity index (χ1n) is 6.33. The highest BCUT2D eigenvalue weighted by Gasteiger charge is 2.06. The maximum absolute atomic E-state index is 2.50. The maximum Gasteiger partial charge on any atom is -0.0234 e. The molecule has 0 rings (SSSR count). The van der Waals surface area contributed by atoms with E-state index in [2.05, 4.69) is 40.7 Å². The SMILES string of the molecule is CCCCC(C)C(C)=CC(CC)CC. The third-order valence-electron chi connectivity index (χ3n) is 3.32. The van der Waals surface area contributed by atoms with Crippen molar-refractivity contribution in [3.8, 4) is 0 Å². The standard InChI is InChI=1S/C14H28/c1-6-9-10-12(4)13(5)11-14(7-2)8-3/h11-12,14H,6-10H2,1-5H3. The van der Waals surface area contributed by atoms with E-state index in [1.54, 1.807) is 5.57 Å². The van der Waals surface area contributed by atoms with Gasteiger partial charge in [-0.05, 0) is 38.0 Å². The van der Waals surface area contributed by atoms with E-state index >= 15 is 0 Å². The molecule has 0 aromatic rings. The maximum atomic E-state index is 2.50. The molecule has 0 aliphatic heterocycles. The van der Waals surface area contributed by atoms with E-state index in [1.807, 2.05) is 0 Å².